The minimum absolute atomic E-state index is 0.0635. The summed E-state index contributed by atoms with van der Waals surface area (Å²) in [5.41, 5.74) is 4.91. The van der Waals surface area contributed by atoms with E-state index in [0.717, 1.165) is 22.6 Å². The van der Waals surface area contributed by atoms with Crippen LogP contribution in [0.4, 0.5) is 17.2 Å². The number of fused-ring (bicyclic) bond motifs is 1. The molecule has 0 saturated carbocycles. The molecule has 0 aliphatic carbocycles. The van der Waals surface area contributed by atoms with Crippen molar-refractivity contribution in [1.82, 2.24) is 19.3 Å². The van der Waals surface area contributed by atoms with Crippen molar-refractivity contribution >= 4 is 28.7 Å². The van der Waals surface area contributed by atoms with Crippen LogP contribution in [0.5, 0.6) is 0 Å². The summed E-state index contributed by atoms with van der Waals surface area (Å²) in [6.07, 6.45) is 6.13. The van der Waals surface area contributed by atoms with Crippen LogP contribution in [0.15, 0.2) is 67.1 Å². The SMILES string of the molecule is CNc1cccc(-c2cn3ccnc3c(Nc3ccc(C(=O)N(C)CCCO)cc3)n2)c1. The van der Waals surface area contributed by atoms with Gasteiger partial charge in [0.05, 0.1) is 5.69 Å². The van der Waals surface area contributed by atoms with Crippen LogP contribution in [0, 0.1) is 0 Å². The Morgan fingerprint density at radius 2 is 1.97 bits per heavy atom. The molecule has 8 heteroatoms. The highest BCUT2D eigenvalue weighted by atomic mass is 16.3. The van der Waals surface area contributed by atoms with Crippen molar-refractivity contribution in [3.05, 3.63) is 72.7 Å². The molecule has 3 N–H and O–H groups in total. The van der Waals surface area contributed by atoms with Crippen LogP contribution in [0.2, 0.25) is 0 Å². The molecule has 1 amide bonds. The number of benzene rings is 2. The van der Waals surface area contributed by atoms with Crippen LogP contribution < -0.4 is 10.6 Å². The molecule has 2 heterocycles. The van der Waals surface area contributed by atoms with E-state index in [1.54, 1.807) is 30.3 Å². The third kappa shape index (κ3) is 4.55. The first-order valence-electron chi connectivity index (χ1n) is 10.4. The number of aromatic nitrogens is 3. The zero-order valence-electron chi connectivity index (χ0n) is 18.1. The lowest BCUT2D eigenvalue weighted by Gasteiger charge is -2.17. The molecular formula is C24H26N6O2. The Morgan fingerprint density at radius 3 is 2.72 bits per heavy atom. The van der Waals surface area contributed by atoms with Gasteiger partial charge in [-0.15, -0.1) is 0 Å². The summed E-state index contributed by atoms with van der Waals surface area (Å²) < 4.78 is 1.94. The average Bonchev–Trinajstić information content (AvgIpc) is 3.31. The second-order valence-corrected chi connectivity index (χ2v) is 7.47. The summed E-state index contributed by atoms with van der Waals surface area (Å²) in [6, 6.07) is 15.3. The zero-order valence-corrected chi connectivity index (χ0v) is 18.1. The fourth-order valence-corrected chi connectivity index (χ4v) is 3.45. The molecule has 164 valence electrons. The number of hydrogen-bond acceptors (Lipinski definition) is 6. The van der Waals surface area contributed by atoms with E-state index in [2.05, 4.69) is 15.6 Å². The highest BCUT2D eigenvalue weighted by Gasteiger charge is 2.13. The third-order valence-corrected chi connectivity index (χ3v) is 5.21. The van der Waals surface area contributed by atoms with E-state index in [1.165, 1.54) is 0 Å². The summed E-state index contributed by atoms with van der Waals surface area (Å²) >= 11 is 0. The van der Waals surface area contributed by atoms with E-state index in [0.29, 0.717) is 30.0 Å². The summed E-state index contributed by atoms with van der Waals surface area (Å²) in [6.45, 7) is 0.576. The van der Waals surface area contributed by atoms with Gasteiger partial charge in [-0.1, -0.05) is 12.1 Å². The van der Waals surface area contributed by atoms with Crippen molar-refractivity contribution in [3.8, 4) is 11.3 Å². The maximum atomic E-state index is 12.5. The average molecular weight is 431 g/mol. The molecule has 2 aromatic carbocycles. The summed E-state index contributed by atoms with van der Waals surface area (Å²) in [7, 11) is 3.62. The van der Waals surface area contributed by atoms with E-state index in [-0.39, 0.29) is 12.5 Å². The lowest BCUT2D eigenvalue weighted by Crippen LogP contribution is -2.28. The fraction of sp³-hybridized carbons (Fsp3) is 0.208. The van der Waals surface area contributed by atoms with E-state index in [9.17, 15) is 4.79 Å². The quantitative estimate of drug-likeness (QED) is 0.395. The second-order valence-electron chi connectivity index (χ2n) is 7.47. The van der Waals surface area contributed by atoms with Gasteiger partial charge in [0.1, 0.15) is 0 Å². The maximum absolute atomic E-state index is 12.5. The van der Waals surface area contributed by atoms with Crippen molar-refractivity contribution in [2.45, 2.75) is 6.42 Å². The number of nitrogens with one attached hydrogen (secondary N) is 2. The predicted octanol–water partition coefficient (Wildman–Crippen LogP) is 3.64. The van der Waals surface area contributed by atoms with E-state index in [1.807, 2.05) is 60.2 Å². The number of nitrogens with zero attached hydrogens (tertiary/aromatic N) is 4. The summed E-state index contributed by atoms with van der Waals surface area (Å²) in [4.78, 5) is 23.4. The number of imidazole rings is 1. The van der Waals surface area contributed by atoms with Crippen LogP contribution in [-0.2, 0) is 0 Å². The van der Waals surface area contributed by atoms with Gasteiger partial charge < -0.3 is 25.0 Å². The molecule has 0 radical (unpaired) electrons. The molecule has 0 atom stereocenters. The number of hydrogen-bond donors (Lipinski definition) is 3. The van der Waals surface area contributed by atoms with E-state index < -0.39 is 0 Å². The number of amides is 1. The van der Waals surface area contributed by atoms with Crippen LogP contribution in [0.25, 0.3) is 16.9 Å². The molecule has 0 aliphatic rings. The van der Waals surface area contributed by atoms with Crippen LogP contribution in [0.1, 0.15) is 16.8 Å². The first kappa shape index (κ1) is 21.3. The lowest BCUT2D eigenvalue weighted by molar-refractivity contribution is 0.0786. The van der Waals surface area contributed by atoms with Gasteiger partial charge in [0, 0.05) is 68.3 Å². The number of aliphatic hydroxyl groups is 1. The zero-order chi connectivity index (χ0) is 22.5. The molecule has 0 unspecified atom stereocenters. The van der Waals surface area contributed by atoms with Crippen molar-refractivity contribution < 1.29 is 9.90 Å². The highest BCUT2D eigenvalue weighted by molar-refractivity contribution is 5.94. The number of rotatable bonds is 8. The molecule has 32 heavy (non-hydrogen) atoms. The van der Waals surface area contributed by atoms with Crippen LogP contribution >= 0.6 is 0 Å². The Kier molecular flexibility index (Phi) is 6.32. The molecule has 0 fully saturated rings. The first-order valence-corrected chi connectivity index (χ1v) is 10.4. The molecular weight excluding hydrogens is 404 g/mol. The van der Waals surface area contributed by atoms with Crippen molar-refractivity contribution in [2.24, 2.45) is 0 Å². The molecule has 0 spiro atoms. The number of aliphatic hydroxyl groups excluding tert-OH is 1. The summed E-state index contributed by atoms with van der Waals surface area (Å²) in [5, 5.41) is 15.4. The van der Waals surface area contributed by atoms with E-state index in [4.69, 9.17) is 10.1 Å². The monoisotopic (exact) mass is 430 g/mol. The largest absolute Gasteiger partial charge is 0.396 e. The standard InChI is InChI=1S/C24H26N6O2/c1-25-20-6-3-5-18(15-20)21-16-30-13-11-26-23(30)22(28-21)27-19-9-7-17(8-10-19)24(32)29(2)12-4-14-31/h3,5-11,13,15-16,25,31H,4,12,14H2,1-2H3,(H,27,28). The van der Waals surface area contributed by atoms with Gasteiger partial charge >= 0.3 is 0 Å². The summed E-state index contributed by atoms with van der Waals surface area (Å²) in [5.74, 6) is 0.548. The van der Waals surface area contributed by atoms with Gasteiger partial charge in [0.15, 0.2) is 11.5 Å². The maximum Gasteiger partial charge on any atom is 0.253 e. The van der Waals surface area contributed by atoms with Crippen molar-refractivity contribution in [1.29, 1.82) is 0 Å². The van der Waals surface area contributed by atoms with Gasteiger partial charge in [0.2, 0.25) is 0 Å². The van der Waals surface area contributed by atoms with E-state index >= 15 is 0 Å². The molecule has 4 rings (SSSR count). The Hall–Kier alpha value is -3.91. The molecule has 8 nitrogen and oxygen atoms in total. The minimum Gasteiger partial charge on any atom is -0.396 e. The fourth-order valence-electron chi connectivity index (χ4n) is 3.45. The minimum atomic E-state index is -0.0785. The third-order valence-electron chi connectivity index (χ3n) is 5.21. The van der Waals surface area contributed by atoms with Gasteiger partial charge in [0.25, 0.3) is 5.91 Å². The topological polar surface area (TPSA) is 94.8 Å². The number of carbonyl (C=O) groups is 1. The molecule has 2 aromatic heterocycles. The molecule has 0 saturated heterocycles. The molecule has 0 aliphatic heterocycles. The van der Waals surface area contributed by atoms with Gasteiger partial charge in [-0.3, -0.25) is 4.79 Å². The Labute approximate surface area is 186 Å². The normalized spacial score (nSPS) is 10.8. The van der Waals surface area contributed by atoms with Crippen LogP contribution in [0.3, 0.4) is 0 Å². The molecule has 0 bridgehead atoms. The number of anilines is 3. The van der Waals surface area contributed by atoms with Crippen LogP contribution in [-0.4, -0.2) is 57.5 Å². The smallest absolute Gasteiger partial charge is 0.253 e. The van der Waals surface area contributed by atoms with Gasteiger partial charge in [-0.05, 0) is 42.8 Å². The molecule has 4 aromatic rings. The predicted molar refractivity (Wildman–Crippen MR) is 126 cm³/mol. The lowest BCUT2D eigenvalue weighted by atomic mass is 10.1. The Bertz CT molecular complexity index is 1220. The Morgan fingerprint density at radius 1 is 1.16 bits per heavy atom. The van der Waals surface area contributed by atoms with Gasteiger partial charge in [-0.25, -0.2) is 9.97 Å². The first-order chi connectivity index (χ1) is 15.6. The van der Waals surface area contributed by atoms with Crippen molar-refractivity contribution in [3.63, 3.8) is 0 Å². The van der Waals surface area contributed by atoms with Gasteiger partial charge in [-0.2, -0.15) is 0 Å². The number of carbonyl (C=O) groups excluding carboxylic acids is 1. The Balaban J connectivity index is 1.60. The second kappa shape index (κ2) is 9.49. The van der Waals surface area contributed by atoms with Crippen molar-refractivity contribution in [2.75, 3.05) is 37.9 Å². The highest BCUT2D eigenvalue weighted by Crippen LogP contribution is 2.26.